The van der Waals surface area contributed by atoms with Crippen molar-refractivity contribution in [3.8, 4) is 28.5 Å². The normalized spacial score (nSPS) is 10.5. The quantitative estimate of drug-likeness (QED) is 0.435. The fourth-order valence-electron chi connectivity index (χ4n) is 3.30. The number of benzene rings is 2. The molecule has 32 heavy (non-hydrogen) atoms. The Balaban J connectivity index is 1.80. The van der Waals surface area contributed by atoms with Crippen LogP contribution in [0.4, 0.5) is 4.39 Å². The van der Waals surface area contributed by atoms with Crippen molar-refractivity contribution in [1.82, 2.24) is 4.98 Å². The van der Waals surface area contributed by atoms with E-state index in [1.807, 2.05) is 0 Å². The summed E-state index contributed by atoms with van der Waals surface area (Å²) < 4.78 is 30.4. The van der Waals surface area contributed by atoms with Crippen molar-refractivity contribution in [1.29, 1.82) is 0 Å². The number of ether oxygens (including phenoxy) is 3. The summed E-state index contributed by atoms with van der Waals surface area (Å²) in [6.07, 6.45) is -0.0432. The Bertz CT molecular complexity index is 1160. The number of methoxy groups -OCH3 is 3. The molecular weight excluding hydrogens is 413 g/mol. The summed E-state index contributed by atoms with van der Waals surface area (Å²) >= 11 is 0. The molecule has 0 aliphatic carbocycles. The summed E-state index contributed by atoms with van der Waals surface area (Å²) in [5.41, 5.74) is 1.51. The third-order valence-corrected chi connectivity index (χ3v) is 5.10. The third kappa shape index (κ3) is 4.77. The van der Waals surface area contributed by atoms with Gasteiger partial charge in [0.2, 0.25) is 0 Å². The minimum atomic E-state index is -0.425. The second-order valence-corrected chi connectivity index (χ2v) is 7.10. The maximum Gasteiger partial charge on any atom is 0.181 e. The highest BCUT2D eigenvalue weighted by atomic mass is 19.1. The van der Waals surface area contributed by atoms with Crippen LogP contribution in [0.5, 0.6) is 17.2 Å². The van der Waals surface area contributed by atoms with Gasteiger partial charge in [-0.2, -0.15) is 0 Å². The molecular formula is C25H24FNO5. The highest BCUT2D eigenvalue weighted by Crippen LogP contribution is 2.32. The van der Waals surface area contributed by atoms with Crippen molar-refractivity contribution < 1.29 is 28.2 Å². The van der Waals surface area contributed by atoms with Crippen LogP contribution in [0.25, 0.3) is 11.3 Å². The minimum Gasteiger partial charge on any atom is -0.494 e. The van der Waals surface area contributed by atoms with Crippen molar-refractivity contribution in [3.05, 3.63) is 71.2 Å². The Morgan fingerprint density at radius 3 is 2.19 bits per heavy atom. The van der Waals surface area contributed by atoms with Gasteiger partial charge in [-0.3, -0.25) is 9.59 Å². The molecule has 166 valence electrons. The first kappa shape index (κ1) is 22.9. The number of carbonyl (C=O) groups is 2. The van der Waals surface area contributed by atoms with Crippen molar-refractivity contribution in [2.75, 3.05) is 21.3 Å². The minimum absolute atomic E-state index is 0.00380. The number of aryl methyl sites for hydroxylation is 1. The molecule has 0 bridgehead atoms. The third-order valence-electron chi connectivity index (χ3n) is 5.10. The van der Waals surface area contributed by atoms with Crippen LogP contribution in [0, 0.1) is 12.7 Å². The fraction of sp³-hybridized carbons (Fsp3) is 0.240. The Kier molecular flexibility index (Phi) is 7.20. The maximum absolute atomic E-state index is 14.6. The van der Waals surface area contributed by atoms with Gasteiger partial charge in [-0.15, -0.1) is 0 Å². The maximum atomic E-state index is 14.6. The summed E-state index contributed by atoms with van der Waals surface area (Å²) in [5.74, 6) is 0.345. The SMILES string of the molecule is COc1ccc(C(=O)CCC(=O)c2ccc(OC)c(-c3cccc(C)c3F)n2)cc1OC. The van der Waals surface area contributed by atoms with E-state index >= 15 is 0 Å². The lowest BCUT2D eigenvalue weighted by Gasteiger charge is -2.11. The second kappa shape index (κ2) is 10.0. The molecule has 0 amide bonds. The van der Waals surface area contributed by atoms with Gasteiger partial charge in [0.15, 0.2) is 23.1 Å². The summed E-state index contributed by atoms with van der Waals surface area (Å²) in [7, 11) is 4.45. The molecule has 0 radical (unpaired) electrons. The Morgan fingerprint density at radius 2 is 1.50 bits per heavy atom. The van der Waals surface area contributed by atoms with Crippen LogP contribution in [-0.4, -0.2) is 37.9 Å². The Hall–Kier alpha value is -3.74. The van der Waals surface area contributed by atoms with Gasteiger partial charge in [0.25, 0.3) is 0 Å². The number of carbonyl (C=O) groups excluding carboxylic acids is 2. The molecule has 3 rings (SSSR count). The van der Waals surface area contributed by atoms with E-state index in [2.05, 4.69) is 4.98 Å². The van der Waals surface area contributed by atoms with Gasteiger partial charge < -0.3 is 14.2 Å². The van der Waals surface area contributed by atoms with Crippen LogP contribution >= 0.6 is 0 Å². The van der Waals surface area contributed by atoms with Crippen molar-refractivity contribution in [2.45, 2.75) is 19.8 Å². The smallest absolute Gasteiger partial charge is 0.181 e. The van der Waals surface area contributed by atoms with E-state index in [-0.39, 0.29) is 41.4 Å². The molecule has 0 atom stereocenters. The van der Waals surface area contributed by atoms with Gasteiger partial charge in [0.05, 0.1) is 21.3 Å². The van der Waals surface area contributed by atoms with Crippen LogP contribution in [0.1, 0.15) is 39.3 Å². The van der Waals surface area contributed by atoms with E-state index in [0.717, 1.165) is 0 Å². The largest absolute Gasteiger partial charge is 0.494 e. The van der Waals surface area contributed by atoms with E-state index in [1.54, 1.807) is 49.4 Å². The predicted octanol–water partition coefficient (Wildman–Crippen LogP) is 5.07. The number of aromatic nitrogens is 1. The molecule has 0 aliphatic heterocycles. The summed E-state index contributed by atoms with van der Waals surface area (Å²) in [6, 6.07) is 12.9. The summed E-state index contributed by atoms with van der Waals surface area (Å²) in [5, 5.41) is 0. The van der Waals surface area contributed by atoms with Crippen LogP contribution in [-0.2, 0) is 0 Å². The van der Waals surface area contributed by atoms with Crippen LogP contribution in [0.15, 0.2) is 48.5 Å². The van der Waals surface area contributed by atoms with Crippen molar-refractivity contribution in [2.24, 2.45) is 0 Å². The molecule has 0 fully saturated rings. The molecule has 0 unspecified atom stereocenters. The Labute approximate surface area is 186 Å². The zero-order chi connectivity index (χ0) is 23.3. The lowest BCUT2D eigenvalue weighted by Crippen LogP contribution is -2.08. The van der Waals surface area contributed by atoms with Gasteiger partial charge in [-0.25, -0.2) is 9.37 Å². The second-order valence-electron chi connectivity index (χ2n) is 7.10. The molecule has 1 aromatic heterocycles. The molecule has 6 nitrogen and oxygen atoms in total. The molecule has 7 heteroatoms. The van der Waals surface area contributed by atoms with Crippen molar-refractivity contribution >= 4 is 11.6 Å². The van der Waals surface area contributed by atoms with E-state index in [0.29, 0.717) is 28.4 Å². The average Bonchev–Trinajstić information content (AvgIpc) is 2.83. The monoisotopic (exact) mass is 437 g/mol. The number of hydrogen-bond acceptors (Lipinski definition) is 6. The highest BCUT2D eigenvalue weighted by Gasteiger charge is 2.19. The summed E-state index contributed by atoms with van der Waals surface area (Å²) in [4.78, 5) is 29.7. The lowest BCUT2D eigenvalue weighted by molar-refractivity contribution is 0.0915. The number of pyridine rings is 1. The van der Waals surface area contributed by atoms with E-state index in [4.69, 9.17) is 14.2 Å². The summed E-state index contributed by atoms with van der Waals surface area (Å²) in [6.45, 7) is 1.65. The Morgan fingerprint density at radius 1 is 0.844 bits per heavy atom. The zero-order valence-electron chi connectivity index (χ0n) is 18.4. The number of ketones is 2. The first-order chi connectivity index (χ1) is 15.4. The van der Waals surface area contributed by atoms with E-state index < -0.39 is 5.82 Å². The van der Waals surface area contributed by atoms with Gasteiger partial charge in [0, 0.05) is 24.0 Å². The number of Topliss-reactive ketones (excluding diaryl/α,β-unsaturated/α-hetero) is 2. The topological polar surface area (TPSA) is 74.7 Å². The first-order valence-electron chi connectivity index (χ1n) is 9.98. The predicted molar refractivity (Wildman–Crippen MR) is 118 cm³/mol. The van der Waals surface area contributed by atoms with Crippen LogP contribution in [0.3, 0.4) is 0 Å². The molecule has 3 aromatic rings. The molecule has 0 aliphatic rings. The molecule has 0 N–H and O–H groups in total. The first-order valence-corrected chi connectivity index (χ1v) is 9.98. The molecule has 0 spiro atoms. The molecule has 1 heterocycles. The number of nitrogens with zero attached hydrogens (tertiary/aromatic N) is 1. The van der Waals surface area contributed by atoms with Gasteiger partial charge in [-0.05, 0) is 48.9 Å². The molecule has 2 aromatic carbocycles. The number of hydrogen-bond donors (Lipinski definition) is 0. The zero-order valence-corrected chi connectivity index (χ0v) is 18.4. The van der Waals surface area contributed by atoms with Crippen LogP contribution in [0.2, 0.25) is 0 Å². The fourth-order valence-corrected chi connectivity index (χ4v) is 3.30. The average molecular weight is 437 g/mol. The molecule has 0 saturated carbocycles. The standard InChI is InChI=1S/C25H24FNO5/c1-15-6-5-7-17(24(15)26)25-22(31-3)13-9-18(27-25)20(29)11-10-19(28)16-8-12-21(30-2)23(14-16)32-4/h5-9,12-14H,10-11H2,1-4H3. The van der Waals surface area contributed by atoms with Gasteiger partial charge in [0.1, 0.15) is 23.0 Å². The highest BCUT2D eigenvalue weighted by molar-refractivity contribution is 6.02. The number of halogens is 1. The lowest BCUT2D eigenvalue weighted by atomic mass is 10.0. The van der Waals surface area contributed by atoms with Gasteiger partial charge >= 0.3 is 0 Å². The molecule has 0 saturated heterocycles. The number of rotatable bonds is 9. The van der Waals surface area contributed by atoms with Gasteiger partial charge in [-0.1, -0.05) is 12.1 Å². The van der Waals surface area contributed by atoms with E-state index in [9.17, 15) is 14.0 Å². The van der Waals surface area contributed by atoms with Crippen LogP contribution < -0.4 is 14.2 Å². The van der Waals surface area contributed by atoms with Crippen molar-refractivity contribution in [3.63, 3.8) is 0 Å². The van der Waals surface area contributed by atoms with E-state index in [1.165, 1.54) is 27.4 Å².